The van der Waals surface area contributed by atoms with Crippen LogP contribution >= 0.6 is 11.3 Å². The zero-order valence-electron chi connectivity index (χ0n) is 17.9. The van der Waals surface area contributed by atoms with E-state index in [1.165, 1.54) is 18.2 Å². The van der Waals surface area contributed by atoms with Gasteiger partial charge in [0.1, 0.15) is 5.00 Å². The molecule has 0 unspecified atom stereocenters. The van der Waals surface area contributed by atoms with E-state index in [2.05, 4.69) is 5.32 Å². The van der Waals surface area contributed by atoms with Gasteiger partial charge in [-0.1, -0.05) is 18.2 Å². The summed E-state index contributed by atoms with van der Waals surface area (Å²) in [6.07, 6.45) is -0.254. The van der Waals surface area contributed by atoms with Crippen molar-refractivity contribution in [3.8, 4) is 0 Å². The van der Waals surface area contributed by atoms with Gasteiger partial charge in [0.2, 0.25) is 5.91 Å². The molecule has 9 nitrogen and oxygen atoms in total. The Bertz CT molecular complexity index is 997. The Labute approximate surface area is 184 Å². The van der Waals surface area contributed by atoms with Crippen molar-refractivity contribution >= 4 is 39.8 Å². The summed E-state index contributed by atoms with van der Waals surface area (Å²) in [5.41, 5.74) is 0.637. The highest BCUT2D eigenvalue weighted by Gasteiger charge is 2.28. The van der Waals surface area contributed by atoms with Gasteiger partial charge in [-0.05, 0) is 33.3 Å². The maximum Gasteiger partial charge on any atom is 0.341 e. The molecule has 1 heterocycles. The second kappa shape index (κ2) is 10.7. The molecule has 0 atom stereocenters. The number of para-hydroxylation sites is 1. The monoisotopic (exact) mass is 447 g/mol. The third-order valence-corrected chi connectivity index (χ3v) is 5.86. The zero-order valence-corrected chi connectivity index (χ0v) is 18.7. The number of nitro groups is 1. The number of carbonyl (C=O) groups is 3. The van der Waals surface area contributed by atoms with Crippen molar-refractivity contribution in [1.82, 2.24) is 4.90 Å². The summed E-state index contributed by atoms with van der Waals surface area (Å²) in [5, 5.41) is 14.0. The normalized spacial score (nSPS) is 10.5. The van der Waals surface area contributed by atoms with E-state index in [0.717, 1.165) is 11.3 Å². The second-order valence-electron chi connectivity index (χ2n) is 6.57. The van der Waals surface area contributed by atoms with Gasteiger partial charge >= 0.3 is 5.97 Å². The van der Waals surface area contributed by atoms with Crippen molar-refractivity contribution in [1.29, 1.82) is 0 Å². The van der Waals surface area contributed by atoms with E-state index in [1.54, 1.807) is 24.8 Å². The standard InChI is InChI=1S/C21H25N3O6S/c1-5-23(6-2)20(26)18-13(4)17(21(27)30-7-3)19(31-18)22-16(25)12-14-10-8-9-11-15(14)24(28)29/h8-11H,5-7,12H2,1-4H3,(H,22,25). The Kier molecular flexibility index (Phi) is 8.26. The number of anilines is 1. The molecule has 1 aromatic carbocycles. The minimum Gasteiger partial charge on any atom is -0.462 e. The molecule has 0 saturated heterocycles. The molecule has 0 aliphatic heterocycles. The van der Waals surface area contributed by atoms with Crippen LogP contribution in [-0.2, 0) is 16.0 Å². The number of esters is 1. The lowest BCUT2D eigenvalue weighted by Gasteiger charge is -2.18. The average Bonchev–Trinajstić information content (AvgIpc) is 3.04. The van der Waals surface area contributed by atoms with Crippen molar-refractivity contribution in [2.75, 3.05) is 25.0 Å². The Morgan fingerprint density at radius 3 is 2.39 bits per heavy atom. The molecule has 0 bridgehead atoms. The van der Waals surface area contributed by atoms with Gasteiger partial charge in [-0.2, -0.15) is 0 Å². The van der Waals surface area contributed by atoms with E-state index in [1.807, 2.05) is 13.8 Å². The van der Waals surface area contributed by atoms with Crippen molar-refractivity contribution in [3.63, 3.8) is 0 Å². The number of nitrogens with zero attached hydrogens (tertiary/aromatic N) is 2. The molecule has 1 aromatic heterocycles. The fraction of sp³-hybridized carbons (Fsp3) is 0.381. The highest BCUT2D eigenvalue weighted by Crippen LogP contribution is 2.35. The van der Waals surface area contributed by atoms with Gasteiger partial charge < -0.3 is 15.0 Å². The van der Waals surface area contributed by atoms with Gasteiger partial charge in [0.15, 0.2) is 0 Å². The van der Waals surface area contributed by atoms with Gasteiger partial charge in [-0.3, -0.25) is 19.7 Å². The number of ether oxygens (including phenoxy) is 1. The first-order chi connectivity index (χ1) is 14.7. The fourth-order valence-corrected chi connectivity index (χ4v) is 4.27. The smallest absolute Gasteiger partial charge is 0.341 e. The predicted molar refractivity (Wildman–Crippen MR) is 118 cm³/mol. The van der Waals surface area contributed by atoms with Gasteiger partial charge in [0, 0.05) is 24.7 Å². The third-order valence-electron chi connectivity index (χ3n) is 4.66. The minimum atomic E-state index is -0.643. The Morgan fingerprint density at radius 2 is 1.81 bits per heavy atom. The first-order valence-corrected chi connectivity index (χ1v) is 10.7. The topological polar surface area (TPSA) is 119 Å². The van der Waals surface area contributed by atoms with Crippen LogP contribution in [0.15, 0.2) is 24.3 Å². The SMILES string of the molecule is CCOC(=O)c1c(NC(=O)Cc2ccccc2[N+](=O)[O-])sc(C(=O)N(CC)CC)c1C. The summed E-state index contributed by atoms with van der Waals surface area (Å²) in [6, 6.07) is 5.95. The lowest BCUT2D eigenvalue weighted by atomic mass is 10.1. The predicted octanol–water partition coefficient (Wildman–Crippen LogP) is 3.80. The highest BCUT2D eigenvalue weighted by atomic mass is 32.1. The summed E-state index contributed by atoms with van der Waals surface area (Å²) in [5.74, 6) is -1.42. The number of hydrogen-bond donors (Lipinski definition) is 1. The number of rotatable bonds is 9. The first kappa shape index (κ1) is 24.0. The van der Waals surface area contributed by atoms with Crippen LogP contribution in [-0.4, -0.2) is 47.3 Å². The Morgan fingerprint density at radius 1 is 1.16 bits per heavy atom. The van der Waals surface area contributed by atoms with Crippen molar-refractivity contribution in [3.05, 3.63) is 55.9 Å². The lowest BCUT2D eigenvalue weighted by molar-refractivity contribution is -0.385. The van der Waals surface area contributed by atoms with Gasteiger partial charge in [-0.15, -0.1) is 11.3 Å². The molecule has 2 rings (SSSR count). The lowest BCUT2D eigenvalue weighted by Crippen LogP contribution is -2.30. The van der Waals surface area contributed by atoms with Crippen molar-refractivity contribution in [2.24, 2.45) is 0 Å². The van der Waals surface area contributed by atoms with Crippen molar-refractivity contribution in [2.45, 2.75) is 34.1 Å². The molecule has 31 heavy (non-hydrogen) atoms. The highest BCUT2D eigenvalue weighted by molar-refractivity contribution is 7.18. The summed E-state index contributed by atoms with van der Waals surface area (Å²) in [7, 11) is 0. The van der Waals surface area contributed by atoms with Crippen LogP contribution in [0.4, 0.5) is 10.7 Å². The summed E-state index contributed by atoms with van der Waals surface area (Å²) >= 11 is 0.999. The maximum absolute atomic E-state index is 12.9. The number of carbonyl (C=O) groups excluding carboxylic acids is 3. The van der Waals surface area contributed by atoms with Crippen LogP contribution in [0.2, 0.25) is 0 Å². The molecule has 0 aliphatic rings. The van der Waals surface area contributed by atoms with Gasteiger partial charge in [-0.25, -0.2) is 4.79 Å². The number of thiophene rings is 1. The van der Waals surface area contributed by atoms with Crippen LogP contribution in [0.5, 0.6) is 0 Å². The van der Waals surface area contributed by atoms with E-state index in [-0.39, 0.29) is 40.8 Å². The Balaban J connectivity index is 2.39. The van der Waals surface area contributed by atoms with E-state index < -0.39 is 16.8 Å². The average molecular weight is 448 g/mol. The molecule has 166 valence electrons. The number of nitro benzene ring substituents is 1. The summed E-state index contributed by atoms with van der Waals surface area (Å²) < 4.78 is 5.11. The van der Waals surface area contributed by atoms with Crippen LogP contribution in [0.1, 0.15) is 51.9 Å². The Hall–Kier alpha value is -3.27. The molecular formula is C21H25N3O6S. The molecule has 1 N–H and O–H groups in total. The molecule has 0 saturated carbocycles. The van der Waals surface area contributed by atoms with Gasteiger partial charge in [0.25, 0.3) is 11.6 Å². The molecular weight excluding hydrogens is 422 g/mol. The van der Waals surface area contributed by atoms with Crippen LogP contribution in [0.25, 0.3) is 0 Å². The molecule has 0 aliphatic carbocycles. The maximum atomic E-state index is 12.9. The minimum absolute atomic E-state index is 0.123. The fourth-order valence-electron chi connectivity index (χ4n) is 3.09. The molecule has 2 amide bonds. The molecule has 0 fully saturated rings. The van der Waals surface area contributed by atoms with Gasteiger partial charge in [0.05, 0.1) is 28.4 Å². The zero-order chi connectivity index (χ0) is 23.1. The summed E-state index contributed by atoms with van der Waals surface area (Å²) in [4.78, 5) is 50.7. The summed E-state index contributed by atoms with van der Waals surface area (Å²) in [6.45, 7) is 8.14. The number of hydrogen-bond acceptors (Lipinski definition) is 7. The molecule has 0 radical (unpaired) electrons. The largest absolute Gasteiger partial charge is 0.462 e. The second-order valence-corrected chi connectivity index (χ2v) is 7.59. The number of nitrogens with one attached hydrogen (secondary N) is 1. The first-order valence-electron chi connectivity index (χ1n) is 9.86. The molecule has 10 heteroatoms. The van der Waals surface area contributed by atoms with Crippen molar-refractivity contribution < 1.29 is 24.0 Å². The van der Waals surface area contributed by atoms with Crippen LogP contribution in [0, 0.1) is 17.0 Å². The third kappa shape index (κ3) is 5.46. The van der Waals surface area contributed by atoms with Crippen LogP contribution < -0.4 is 5.32 Å². The van der Waals surface area contributed by atoms with Crippen LogP contribution in [0.3, 0.4) is 0 Å². The van der Waals surface area contributed by atoms with E-state index in [9.17, 15) is 24.5 Å². The quantitative estimate of drug-likeness (QED) is 0.355. The number of amides is 2. The van der Waals surface area contributed by atoms with E-state index >= 15 is 0 Å². The number of benzene rings is 1. The molecule has 0 spiro atoms. The van der Waals surface area contributed by atoms with E-state index in [4.69, 9.17) is 4.74 Å². The molecule has 2 aromatic rings. The van der Waals surface area contributed by atoms with E-state index in [0.29, 0.717) is 23.5 Å².